The van der Waals surface area contributed by atoms with Crippen LogP contribution in [0.4, 0.5) is 22.1 Å². The first kappa shape index (κ1) is 46.9. The highest BCUT2D eigenvalue weighted by Crippen LogP contribution is 2.50. The Morgan fingerprint density at radius 2 is 1.79 bits per heavy atom. The number of ether oxygens (including phenoxy) is 4. The van der Waals surface area contributed by atoms with E-state index in [2.05, 4.69) is 39.8 Å². The molecule has 4 aromatic rings. The average molecular weight is 926 g/mol. The second-order valence-electron chi connectivity index (χ2n) is 13.7. The number of hydrogen-bond donors (Lipinski definition) is 8. The van der Waals surface area contributed by atoms with Crippen LogP contribution >= 0.6 is 15.6 Å². The molecule has 340 valence electrons. The topological polar surface area (TPSA) is 431 Å². The van der Waals surface area contributed by atoms with Crippen molar-refractivity contribution in [2.75, 3.05) is 31.2 Å². The third kappa shape index (κ3) is 12.3. The Hall–Kier alpha value is -5.64. The summed E-state index contributed by atoms with van der Waals surface area (Å²) in [6.45, 7) is -1.77. The van der Waals surface area contributed by atoms with Gasteiger partial charge in [-0.05, 0) is 30.0 Å². The number of anilines is 2. The van der Waals surface area contributed by atoms with E-state index in [0.717, 1.165) is 10.9 Å². The number of phosphoric ester groups is 2. The Bertz CT molecular complexity index is 2470. The number of hydrogen-bond acceptors (Lipinski definition) is 21. The van der Waals surface area contributed by atoms with Crippen molar-refractivity contribution in [3.8, 4) is 0 Å². The van der Waals surface area contributed by atoms with Gasteiger partial charge < -0.3 is 61.3 Å². The smallest absolute Gasteiger partial charge is 0.455 e. The van der Waals surface area contributed by atoms with E-state index in [9.17, 15) is 43.3 Å². The fraction of sp³-hybridized carbons (Fsp3) is 0.469. The van der Waals surface area contributed by atoms with Gasteiger partial charge in [-0.2, -0.15) is 4.98 Å². The zero-order valence-corrected chi connectivity index (χ0v) is 34.3. The van der Waals surface area contributed by atoms with E-state index in [-0.39, 0.29) is 55.2 Å². The second kappa shape index (κ2) is 20.2. The van der Waals surface area contributed by atoms with Gasteiger partial charge in [-0.25, -0.2) is 33.7 Å². The van der Waals surface area contributed by atoms with Crippen molar-refractivity contribution in [3.05, 3.63) is 75.7 Å². The summed E-state index contributed by atoms with van der Waals surface area (Å²) in [6, 6.07) is 6.31. The molecule has 9 atom stereocenters. The van der Waals surface area contributed by atoms with Crippen LogP contribution in [0.1, 0.15) is 37.3 Å². The van der Waals surface area contributed by atoms with Crippen molar-refractivity contribution >= 4 is 56.2 Å². The lowest BCUT2D eigenvalue weighted by molar-refractivity contribution is -0.158. The lowest BCUT2D eigenvalue weighted by atomic mass is 10.1. The van der Waals surface area contributed by atoms with E-state index >= 15 is 0 Å². The number of benzene rings is 1. The van der Waals surface area contributed by atoms with Crippen LogP contribution in [-0.4, -0.2) is 117 Å². The molecule has 0 radical (unpaired) electrons. The Labute approximate surface area is 353 Å². The molecule has 0 aliphatic carbocycles. The van der Waals surface area contributed by atoms with Crippen LogP contribution in [0.15, 0.2) is 59.1 Å². The van der Waals surface area contributed by atoms with Gasteiger partial charge in [0.2, 0.25) is 0 Å². The molecule has 2 saturated heterocycles. The molecule has 2 aliphatic heterocycles. The quantitative estimate of drug-likeness (QED) is 0.0156. The minimum Gasteiger partial charge on any atom is -0.455 e. The number of carbonyl (C=O) groups is 2. The van der Waals surface area contributed by atoms with Crippen LogP contribution in [0.2, 0.25) is 0 Å². The average Bonchev–Trinajstić information content (AvgIpc) is 3.92. The first-order valence-corrected chi connectivity index (χ1v) is 21.6. The normalized spacial score (nSPS) is 23.7. The third-order valence-corrected chi connectivity index (χ3v) is 10.9. The molecule has 5 heterocycles. The van der Waals surface area contributed by atoms with Crippen molar-refractivity contribution in [1.29, 1.82) is 0 Å². The van der Waals surface area contributed by atoms with Crippen LogP contribution in [0, 0.1) is 0 Å². The maximum Gasteiger partial charge on any atom is 0.472 e. The lowest BCUT2D eigenvalue weighted by Crippen LogP contribution is -2.43. The van der Waals surface area contributed by atoms with Crippen molar-refractivity contribution in [2.24, 2.45) is 10.8 Å². The van der Waals surface area contributed by atoms with E-state index < -0.39 is 95.6 Å². The Balaban J connectivity index is 1.09. The number of fused-ring (bicyclic) bond motifs is 1. The van der Waals surface area contributed by atoms with Crippen LogP contribution < -0.4 is 28.2 Å². The van der Waals surface area contributed by atoms with E-state index in [4.69, 9.17) is 50.7 Å². The highest BCUT2D eigenvalue weighted by atomic mass is 31.2. The van der Waals surface area contributed by atoms with E-state index in [1.165, 1.54) is 23.2 Å². The van der Waals surface area contributed by atoms with Crippen molar-refractivity contribution in [3.63, 3.8) is 0 Å². The summed E-state index contributed by atoms with van der Waals surface area (Å²) in [6.07, 6.45) is -7.78. The van der Waals surface area contributed by atoms with Gasteiger partial charge in [0.05, 0.1) is 19.5 Å². The Kier molecular flexibility index (Phi) is 15.1. The van der Waals surface area contributed by atoms with Gasteiger partial charge in [0.1, 0.15) is 61.0 Å². The van der Waals surface area contributed by atoms with Crippen molar-refractivity contribution < 1.29 is 71.0 Å². The number of aliphatic hydroxyl groups is 1. The van der Waals surface area contributed by atoms with Gasteiger partial charge in [0.25, 0.3) is 0 Å². The summed E-state index contributed by atoms with van der Waals surface area (Å²) in [4.78, 5) is 85.8. The Morgan fingerprint density at radius 3 is 2.51 bits per heavy atom. The minimum absolute atomic E-state index is 0.000424. The predicted octanol–water partition coefficient (Wildman–Crippen LogP) is 0.292. The number of nitrogen functional groups attached to an aromatic ring is 2. The number of carbonyl (C=O) groups excluding carboxylic acids is 2. The molecule has 1 amide bonds. The molecule has 63 heavy (non-hydrogen) atoms. The number of rotatable bonds is 19. The van der Waals surface area contributed by atoms with E-state index in [0.29, 0.717) is 11.3 Å². The summed E-state index contributed by atoms with van der Waals surface area (Å²) >= 11 is 0. The number of amides is 1. The summed E-state index contributed by atoms with van der Waals surface area (Å²) in [5.41, 5.74) is 26.5. The molecular formula is C32H41N13O16P2. The van der Waals surface area contributed by atoms with Gasteiger partial charge in [-0.3, -0.25) is 27.5 Å². The number of azide groups is 1. The minimum atomic E-state index is -5.21. The number of phosphoric acid groups is 2. The second-order valence-corrected chi connectivity index (χ2v) is 16.4. The largest absolute Gasteiger partial charge is 0.472 e. The van der Waals surface area contributed by atoms with Gasteiger partial charge in [0, 0.05) is 29.8 Å². The van der Waals surface area contributed by atoms with Gasteiger partial charge in [-0.15, -0.1) is 0 Å². The fourth-order valence-electron chi connectivity index (χ4n) is 6.36. The first-order chi connectivity index (χ1) is 29.9. The standard InChI is InChI=1S/C32H41N13O16P2/c33-18(2-1-8-37-32(49)55-11-16-3-5-17(6-4-16)42-43-36)30(47)60-26-21(59-29(25(26)46)45-15-40-24-27(35)38-14-39-28(24)45)13-57-63(53,54)61-19-10-23(44-9-7-22(34)41-31(44)48)58-20(19)12-56-62(50,51)52/h3-7,9,14-15,18-21,23,25-26,29,46H,1-2,8,10-13,33H2,(H,37,49)(H,53,54)(H2,34,41,48)(H2,35,38,39)(H2,50,51,52)/t18-,19-,20+,21?,23+,25?,26?,29?/m0/s1. The summed E-state index contributed by atoms with van der Waals surface area (Å²) in [5.74, 6) is -1.14. The molecule has 29 nitrogen and oxygen atoms in total. The molecular weight excluding hydrogens is 884 g/mol. The number of nitrogens with zero attached hydrogens (tertiary/aromatic N) is 9. The number of nitrogens with two attached hydrogens (primary N) is 3. The maximum absolute atomic E-state index is 13.4. The van der Waals surface area contributed by atoms with Crippen LogP contribution in [0.5, 0.6) is 0 Å². The number of nitrogens with one attached hydrogen (secondary N) is 1. The van der Waals surface area contributed by atoms with Gasteiger partial charge >= 0.3 is 33.4 Å². The van der Waals surface area contributed by atoms with Crippen molar-refractivity contribution in [2.45, 2.75) is 74.9 Å². The van der Waals surface area contributed by atoms with Crippen molar-refractivity contribution in [1.82, 2.24) is 34.4 Å². The molecule has 0 saturated carbocycles. The fourth-order valence-corrected chi connectivity index (χ4v) is 7.67. The maximum atomic E-state index is 13.4. The molecule has 5 unspecified atom stereocenters. The van der Waals surface area contributed by atoms with Crippen LogP contribution in [0.25, 0.3) is 21.6 Å². The van der Waals surface area contributed by atoms with Gasteiger partial charge in [-0.1, -0.05) is 29.4 Å². The molecule has 0 spiro atoms. The summed E-state index contributed by atoms with van der Waals surface area (Å²) < 4.78 is 64.7. The summed E-state index contributed by atoms with van der Waals surface area (Å²) in [7, 11) is -10.3. The lowest BCUT2D eigenvalue weighted by Gasteiger charge is -2.24. The van der Waals surface area contributed by atoms with Crippen LogP contribution in [0.3, 0.4) is 0 Å². The number of aliphatic hydroxyl groups excluding tert-OH is 1. The Morgan fingerprint density at radius 1 is 1.05 bits per heavy atom. The molecule has 3 aromatic heterocycles. The number of alkyl carbamates (subject to hydrolysis) is 1. The molecule has 2 fully saturated rings. The van der Waals surface area contributed by atoms with E-state index in [1.807, 2.05) is 0 Å². The number of esters is 1. The molecule has 1 aromatic carbocycles. The number of imidazole rings is 1. The predicted molar refractivity (Wildman–Crippen MR) is 210 cm³/mol. The van der Waals surface area contributed by atoms with E-state index in [1.54, 1.807) is 24.3 Å². The number of aromatic nitrogens is 6. The molecule has 0 bridgehead atoms. The highest BCUT2D eigenvalue weighted by molar-refractivity contribution is 7.47. The SMILES string of the molecule is [N-]=[N+]=Nc1ccc(COC(=O)NCCC[C@H](N)C(=O)OC2C(COP(=O)(O)O[C@H]3C[C@H](n4ccc(N)nc4=O)O[C@@H]3COP(=O)(O)O)OC(n3cnc4c(N)ncnc43)C2O)cc1. The monoisotopic (exact) mass is 925 g/mol. The zero-order valence-electron chi connectivity index (χ0n) is 32.5. The van der Waals surface area contributed by atoms with Crippen LogP contribution in [-0.2, 0) is 53.1 Å². The zero-order chi connectivity index (χ0) is 45.5. The third-order valence-electron chi connectivity index (χ3n) is 9.37. The molecule has 11 N–H and O–H groups in total. The molecule has 6 rings (SSSR count). The molecule has 31 heteroatoms. The van der Waals surface area contributed by atoms with Gasteiger partial charge in [0.15, 0.2) is 23.8 Å². The first-order valence-electron chi connectivity index (χ1n) is 18.5. The highest BCUT2D eigenvalue weighted by Gasteiger charge is 2.50. The molecule has 2 aliphatic rings. The summed E-state index contributed by atoms with van der Waals surface area (Å²) in [5, 5.41) is 17.5.